The van der Waals surface area contributed by atoms with Crippen LogP contribution in [0, 0.1) is 6.92 Å². The summed E-state index contributed by atoms with van der Waals surface area (Å²) in [5.74, 6) is 0.959. The van der Waals surface area contributed by atoms with Crippen LogP contribution < -0.4 is 5.32 Å². The number of benzene rings is 2. The zero-order valence-corrected chi connectivity index (χ0v) is 15.8. The molecule has 1 amide bonds. The van der Waals surface area contributed by atoms with Crippen LogP contribution in [0.15, 0.2) is 53.4 Å². The number of para-hydroxylation sites is 2. The highest BCUT2D eigenvalue weighted by atomic mass is 35.5. The number of aryl methyl sites for hydroxylation is 1. The van der Waals surface area contributed by atoms with Crippen molar-refractivity contribution >= 4 is 40.3 Å². The van der Waals surface area contributed by atoms with Crippen molar-refractivity contribution < 1.29 is 4.79 Å². The van der Waals surface area contributed by atoms with Gasteiger partial charge in [0.2, 0.25) is 5.91 Å². The van der Waals surface area contributed by atoms with Crippen LogP contribution in [-0.2, 0) is 11.3 Å². The summed E-state index contributed by atoms with van der Waals surface area (Å²) in [6.45, 7) is 5.13. The SMILES string of the molecule is Cc1nc2ccccc2n1CCNC(=O)C(C)Sc1ccccc1Cl. The van der Waals surface area contributed by atoms with Crippen LogP contribution in [0.4, 0.5) is 0 Å². The maximum absolute atomic E-state index is 12.3. The molecule has 3 aromatic rings. The van der Waals surface area contributed by atoms with Crippen molar-refractivity contribution in [2.75, 3.05) is 6.54 Å². The van der Waals surface area contributed by atoms with Crippen molar-refractivity contribution in [3.63, 3.8) is 0 Å². The highest BCUT2D eigenvalue weighted by Crippen LogP contribution is 2.29. The summed E-state index contributed by atoms with van der Waals surface area (Å²) in [6, 6.07) is 15.6. The van der Waals surface area contributed by atoms with Crippen LogP contribution in [0.1, 0.15) is 12.7 Å². The Bertz CT molecular complexity index is 893. The molecule has 2 aromatic carbocycles. The van der Waals surface area contributed by atoms with Crippen LogP contribution in [0.5, 0.6) is 0 Å². The van der Waals surface area contributed by atoms with E-state index in [-0.39, 0.29) is 11.2 Å². The van der Waals surface area contributed by atoms with Gasteiger partial charge in [-0.2, -0.15) is 0 Å². The van der Waals surface area contributed by atoms with Crippen molar-refractivity contribution in [1.82, 2.24) is 14.9 Å². The lowest BCUT2D eigenvalue weighted by molar-refractivity contribution is -0.120. The first kappa shape index (κ1) is 17.8. The summed E-state index contributed by atoms with van der Waals surface area (Å²) < 4.78 is 2.13. The number of thioether (sulfide) groups is 1. The van der Waals surface area contributed by atoms with Crippen LogP contribution in [-0.4, -0.2) is 27.3 Å². The first-order chi connectivity index (χ1) is 12.1. The summed E-state index contributed by atoms with van der Waals surface area (Å²) in [5, 5.41) is 3.47. The molecule has 4 nitrogen and oxygen atoms in total. The minimum atomic E-state index is -0.208. The molecule has 1 aromatic heterocycles. The van der Waals surface area contributed by atoms with E-state index in [1.807, 2.05) is 62.4 Å². The summed E-state index contributed by atoms with van der Waals surface area (Å²) in [6.07, 6.45) is 0. The van der Waals surface area contributed by atoms with Crippen molar-refractivity contribution in [1.29, 1.82) is 0 Å². The van der Waals surface area contributed by atoms with Gasteiger partial charge >= 0.3 is 0 Å². The van der Waals surface area contributed by atoms with Gasteiger partial charge in [-0.25, -0.2) is 4.98 Å². The predicted octanol–water partition coefficient (Wildman–Crippen LogP) is 4.30. The minimum absolute atomic E-state index is 0.00648. The molecule has 0 aliphatic heterocycles. The second-order valence-electron chi connectivity index (χ2n) is 5.78. The van der Waals surface area contributed by atoms with Gasteiger partial charge in [-0.3, -0.25) is 4.79 Å². The molecule has 0 saturated carbocycles. The molecule has 0 spiro atoms. The number of carbonyl (C=O) groups is 1. The second-order valence-corrected chi connectivity index (χ2v) is 7.57. The summed E-state index contributed by atoms with van der Waals surface area (Å²) in [7, 11) is 0. The molecule has 25 heavy (non-hydrogen) atoms. The molecule has 0 saturated heterocycles. The van der Waals surface area contributed by atoms with E-state index in [2.05, 4.69) is 14.9 Å². The highest BCUT2D eigenvalue weighted by molar-refractivity contribution is 8.00. The molecule has 1 N–H and O–H groups in total. The van der Waals surface area contributed by atoms with E-state index in [0.29, 0.717) is 18.1 Å². The second kappa shape index (κ2) is 7.93. The smallest absolute Gasteiger partial charge is 0.233 e. The number of amides is 1. The fourth-order valence-electron chi connectivity index (χ4n) is 2.70. The lowest BCUT2D eigenvalue weighted by Gasteiger charge is -2.13. The standard InChI is InChI=1S/C19H20ClN3OS/c1-13(25-18-10-6-3-7-15(18)20)19(24)21-11-12-23-14(2)22-16-8-4-5-9-17(16)23/h3-10,13H,11-12H2,1-2H3,(H,21,24). The van der Waals surface area contributed by atoms with Crippen molar-refractivity contribution in [3.05, 3.63) is 59.4 Å². The molecular weight excluding hydrogens is 354 g/mol. The van der Waals surface area contributed by atoms with Gasteiger partial charge in [0.1, 0.15) is 5.82 Å². The number of halogens is 1. The van der Waals surface area contributed by atoms with Gasteiger partial charge < -0.3 is 9.88 Å². The third-order valence-electron chi connectivity index (χ3n) is 3.99. The number of hydrogen-bond donors (Lipinski definition) is 1. The molecule has 1 unspecified atom stereocenters. The molecule has 0 radical (unpaired) electrons. The Kier molecular flexibility index (Phi) is 5.66. The fraction of sp³-hybridized carbons (Fsp3) is 0.263. The van der Waals surface area contributed by atoms with E-state index in [0.717, 1.165) is 21.8 Å². The van der Waals surface area contributed by atoms with E-state index in [4.69, 9.17) is 11.6 Å². The first-order valence-electron chi connectivity index (χ1n) is 8.17. The number of nitrogens with one attached hydrogen (secondary N) is 1. The van der Waals surface area contributed by atoms with E-state index in [9.17, 15) is 4.79 Å². The third kappa shape index (κ3) is 4.17. The lowest BCUT2D eigenvalue weighted by atomic mass is 10.3. The van der Waals surface area contributed by atoms with E-state index < -0.39 is 0 Å². The zero-order chi connectivity index (χ0) is 17.8. The van der Waals surface area contributed by atoms with Crippen molar-refractivity contribution in [2.24, 2.45) is 0 Å². The van der Waals surface area contributed by atoms with Gasteiger partial charge in [0.15, 0.2) is 0 Å². The normalized spacial score (nSPS) is 12.3. The highest BCUT2D eigenvalue weighted by Gasteiger charge is 2.15. The molecule has 1 heterocycles. The van der Waals surface area contributed by atoms with Gasteiger partial charge in [-0.15, -0.1) is 11.8 Å². The Labute approximate surface area is 156 Å². The number of hydrogen-bond acceptors (Lipinski definition) is 3. The monoisotopic (exact) mass is 373 g/mol. The van der Waals surface area contributed by atoms with Crippen molar-refractivity contribution in [2.45, 2.75) is 30.5 Å². The average Bonchev–Trinajstić information content (AvgIpc) is 2.92. The Hall–Kier alpha value is -1.98. The molecule has 0 aliphatic rings. The van der Waals surface area contributed by atoms with Gasteiger partial charge in [0, 0.05) is 18.0 Å². The van der Waals surface area contributed by atoms with Crippen molar-refractivity contribution in [3.8, 4) is 0 Å². The maximum atomic E-state index is 12.3. The Morgan fingerprint density at radius 2 is 1.96 bits per heavy atom. The molecular formula is C19H20ClN3OS. The molecule has 0 fully saturated rings. The number of carbonyl (C=O) groups excluding carboxylic acids is 1. The maximum Gasteiger partial charge on any atom is 0.233 e. The molecule has 0 aliphatic carbocycles. The third-order valence-corrected chi connectivity index (χ3v) is 5.61. The van der Waals surface area contributed by atoms with E-state index >= 15 is 0 Å². The summed E-state index contributed by atoms with van der Waals surface area (Å²) in [4.78, 5) is 17.8. The lowest BCUT2D eigenvalue weighted by Crippen LogP contribution is -2.33. The predicted molar refractivity (Wildman–Crippen MR) is 104 cm³/mol. The largest absolute Gasteiger partial charge is 0.353 e. The molecule has 1 atom stereocenters. The Morgan fingerprint density at radius 3 is 2.76 bits per heavy atom. The fourth-order valence-corrected chi connectivity index (χ4v) is 3.88. The van der Waals surface area contributed by atoms with Gasteiger partial charge in [0.05, 0.1) is 21.3 Å². The number of nitrogens with zero attached hydrogens (tertiary/aromatic N) is 2. The Morgan fingerprint density at radius 1 is 1.24 bits per heavy atom. The number of rotatable bonds is 6. The molecule has 3 rings (SSSR count). The van der Waals surface area contributed by atoms with E-state index in [1.165, 1.54) is 11.8 Å². The van der Waals surface area contributed by atoms with Crippen LogP contribution in [0.3, 0.4) is 0 Å². The molecule has 6 heteroatoms. The number of imidazole rings is 1. The van der Waals surface area contributed by atoms with Gasteiger partial charge in [-0.05, 0) is 38.1 Å². The number of aromatic nitrogens is 2. The van der Waals surface area contributed by atoms with Gasteiger partial charge in [0.25, 0.3) is 0 Å². The van der Waals surface area contributed by atoms with E-state index in [1.54, 1.807) is 0 Å². The summed E-state index contributed by atoms with van der Waals surface area (Å²) in [5.41, 5.74) is 2.07. The van der Waals surface area contributed by atoms with Gasteiger partial charge in [-0.1, -0.05) is 35.9 Å². The summed E-state index contributed by atoms with van der Waals surface area (Å²) >= 11 is 7.62. The quantitative estimate of drug-likeness (QED) is 0.655. The minimum Gasteiger partial charge on any atom is -0.353 e. The number of fused-ring (bicyclic) bond motifs is 1. The zero-order valence-electron chi connectivity index (χ0n) is 14.2. The Balaban J connectivity index is 1.57. The average molecular weight is 374 g/mol. The molecule has 0 bridgehead atoms. The molecule has 130 valence electrons. The van der Waals surface area contributed by atoms with Crippen LogP contribution >= 0.6 is 23.4 Å². The topological polar surface area (TPSA) is 46.9 Å². The van der Waals surface area contributed by atoms with Crippen LogP contribution in [0.25, 0.3) is 11.0 Å². The first-order valence-corrected chi connectivity index (χ1v) is 9.43. The van der Waals surface area contributed by atoms with Crippen LogP contribution in [0.2, 0.25) is 5.02 Å².